The lowest BCUT2D eigenvalue weighted by Crippen LogP contribution is -2.44. The average Bonchev–Trinajstić information content (AvgIpc) is 3.46. The van der Waals surface area contributed by atoms with Crippen LogP contribution in [0.4, 0.5) is 0 Å². The number of likely N-dealkylation sites (N-methyl/N-ethyl adjacent to an activating group) is 1. The number of carboxylic acid groups (broad SMARTS) is 1. The summed E-state index contributed by atoms with van der Waals surface area (Å²) in [6.07, 6.45) is 83.7. The quantitative estimate of drug-likeness (QED) is 0.0195. The lowest BCUT2D eigenvalue weighted by Gasteiger charge is -2.26. The molecule has 0 spiro atoms. The molecule has 2 unspecified atom stereocenters. The van der Waals surface area contributed by atoms with Crippen LogP contribution in [0.25, 0.3) is 0 Å². The molecule has 0 aromatic rings. The second kappa shape index (κ2) is 64.5. The number of esters is 2. The summed E-state index contributed by atoms with van der Waals surface area (Å²) in [7, 11) is 5.93. The van der Waals surface area contributed by atoms with E-state index >= 15 is 0 Å². The van der Waals surface area contributed by atoms with E-state index in [1.165, 1.54) is 186 Å². The summed E-state index contributed by atoms with van der Waals surface area (Å²) in [5, 5.41) is 11.8. The van der Waals surface area contributed by atoms with Crippen molar-refractivity contribution in [2.45, 2.75) is 322 Å². The van der Waals surface area contributed by atoms with E-state index in [9.17, 15) is 19.5 Å². The van der Waals surface area contributed by atoms with E-state index in [1.54, 1.807) is 0 Å². The van der Waals surface area contributed by atoms with Crippen molar-refractivity contribution in [3.63, 3.8) is 0 Å². The van der Waals surface area contributed by atoms with Crippen molar-refractivity contribution < 1.29 is 42.9 Å². The van der Waals surface area contributed by atoms with Crippen molar-refractivity contribution in [1.82, 2.24) is 0 Å². The smallest absolute Gasteiger partial charge is 0.306 e. The highest BCUT2D eigenvalue weighted by atomic mass is 16.7. The van der Waals surface area contributed by atoms with Crippen LogP contribution >= 0.6 is 0 Å². The predicted octanol–water partition coefficient (Wildman–Crippen LogP) is 20.1. The summed E-state index contributed by atoms with van der Waals surface area (Å²) >= 11 is 0. The summed E-state index contributed by atoms with van der Waals surface area (Å²) in [5.41, 5.74) is 0. The Balaban J connectivity index is 4.15. The molecule has 0 saturated heterocycles. The van der Waals surface area contributed by atoms with Gasteiger partial charge < -0.3 is 33.3 Å². The van der Waals surface area contributed by atoms with Crippen molar-refractivity contribution in [2.75, 3.05) is 47.5 Å². The number of allylic oxidation sites excluding steroid dienone is 14. The fourth-order valence-corrected chi connectivity index (χ4v) is 9.87. The van der Waals surface area contributed by atoms with Crippen LogP contribution in [0.15, 0.2) is 85.1 Å². The van der Waals surface area contributed by atoms with Crippen LogP contribution in [-0.4, -0.2) is 82.3 Å². The molecule has 9 nitrogen and oxygen atoms in total. The van der Waals surface area contributed by atoms with Gasteiger partial charge in [-0.15, -0.1) is 0 Å². The molecule has 0 amide bonds. The van der Waals surface area contributed by atoms with E-state index in [-0.39, 0.29) is 32.2 Å². The minimum absolute atomic E-state index is 0.145. The molecule has 0 rings (SSSR count). The summed E-state index contributed by atoms with van der Waals surface area (Å²) < 4.78 is 22.8. The van der Waals surface area contributed by atoms with Gasteiger partial charge in [0, 0.05) is 12.8 Å². The monoisotopic (exact) mass is 1160 g/mol. The first-order chi connectivity index (χ1) is 40.6. The Hall–Kier alpha value is -3.53. The van der Waals surface area contributed by atoms with Gasteiger partial charge in [0.2, 0.25) is 0 Å². The van der Waals surface area contributed by atoms with Crippen LogP contribution in [-0.2, 0) is 33.3 Å². The van der Waals surface area contributed by atoms with Gasteiger partial charge in [-0.05, 0) is 70.6 Å². The number of hydrogen-bond donors (Lipinski definition) is 0. The van der Waals surface area contributed by atoms with Crippen molar-refractivity contribution >= 4 is 17.9 Å². The Morgan fingerprint density at radius 3 is 1.02 bits per heavy atom. The van der Waals surface area contributed by atoms with Crippen LogP contribution in [0, 0.1) is 0 Å². The molecule has 0 bridgehead atoms. The largest absolute Gasteiger partial charge is 0.545 e. The molecular formula is C74H131NO8. The minimum Gasteiger partial charge on any atom is -0.545 e. The van der Waals surface area contributed by atoms with E-state index in [0.29, 0.717) is 23.9 Å². The third-order valence-corrected chi connectivity index (χ3v) is 15.2. The second-order valence-corrected chi connectivity index (χ2v) is 24.4. The molecular weight excluding hydrogens is 1030 g/mol. The molecule has 0 aromatic carbocycles. The lowest BCUT2D eigenvalue weighted by atomic mass is 10.0. The number of carboxylic acids is 1. The Kier molecular flexibility index (Phi) is 61.7. The Morgan fingerprint density at radius 1 is 0.373 bits per heavy atom. The highest BCUT2D eigenvalue weighted by Gasteiger charge is 2.22. The van der Waals surface area contributed by atoms with Gasteiger partial charge in [-0.1, -0.05) is 311 Å². The van der Waals surface area contributed by atoms with Crippen molar-refractivity contribution in [3.05, 3.63) is 85.1 Å². The maximum Gasteiger partial charge on any atom is 0.306 e. The molecule has 0 saturated carbocycles. The maximum absolute atomic E-state index is 12.9. The Morgan fingerprint density at radius 2 is 0.687 bits per heavy atom. The first-order valence-corrected chi connectivity index (χ1v) is 34.7. The number of aliphatic carboxylic acids is 1. The Labute approximate surface area is 512 Å². The Bertz CT molecular complexity index is 1640. The van der Waals surface area contributed by atoms with Gasteiger partial charge in [0.25, 0.3) is 0 Å². The maximum atomic E-state index is 12.9. The molecule has 0 N–H and O–H groups in total. The minimum atomic E-state index is -1.63. The van der Waals surface area contributed by atoms with E-state index in [0.717, 1.165) is 89.9 Å². The molecule has 0 aliphatic carbocycles. The fourth-order valence-electron chi connectivity index (χ4n) is 9.87. The third kappa shape index (κ3) is 65.9. The molecule has 83 heavy (non-hydrogen) atoms. The molecule has 0 aliphatic heterocycles. The van der Waals surface area contributed by atoms with E-state index < -0.39 is 24.3 Å². The molecule has 9 heteroatoms. The summed E-state index contributed by atoms with van der Waals surface area (Å²) in [6, 6.07) is 0. The average molecular weight is 1160 g/mol. The lowest BCUT2D eigenvalue weighted by molar-refractivity contribution is -0.870. The number of quaternary nitrogens is 1. The van der Waals surface area contributed by atoms with E-state index in [1.807, 2.05) is 21.1 Å². The van der Waals surface area contributed by atoms with Gasteiger partial charge in [-0.2, -0.15) is 0 Å². The first kappa shape index (κ1) is 79.5. The molecule has 0 fully saturated rings. The van der Waals surface area contributed by atoms with Crippen LogP contribution in [0.2, 0.25) is 0 Å². The van der Waals surface area contributed by atoms with Gasteiger partial charge in [-0.25, -0.2) is 0 Å². The fraction of sp³-hybridized carbons (Fsp3) is 0.770. The standard InChI is InChI=1S/C74H131NO8/c1-6-8-10-12-14-16-18-20-22-24-26-28-30-32-34-35-36-37-39-41-43-45-47-49-51-53-55-57-59-61-63-65-72(77)83-70(69-82-74(73(78)79)80-67-66-75(3,4)5)68-81-71(76)64-62-60-58-56-54-52-50-48-46-44-42-40-38-33-31-29-27-25-23-21-19-17-15-13-11-9-7-2/h8,10,14,16,20,22,26,28,32,34,36-37,41,43,70,74H,6-7,9,11-13,15,17-19,21,23-25,27,29-31,33,35,38-40,42,44-69H2,1-5H3/b10-8-,16-14-,22-20-,28-26-,34-32-,37-36-,43-41-. The zero-order chi connectivity index (χ0) is 60.5. The van der Waals surface area contributed by atoms with Gasteiger partial charge in [0.15, 0.2) is 12.4 Å². The van der Waals surface area contributed by atoms with Gasteiger partial charge in [0.1, 0.15) is 13.2 Å². The van der Waals surface area contributed by atoms with Crippen LogP contribution in [0.5, 0.6) is 0 Å². The number of nitrogens with zero attached hydrogens (tertiary/aromatic N) is 1. The summed E-state index contributed by atoms with van der Waals surface area (Å²) in [5.74, 6) is -2.28. The summed E-state index contributed by atoms with van der Waals surface area (Å²) in [6.45, 7) is 4.67. The first-order valence-electron chi connectivity index (χ1n) is 34.7. The zero-order valence-electron chi connectivity index (χ0n) is 54.8. The highest BCUT2D eigenvalue weighted by molar-refractivity contribution is 5.70. The number of carbonyl (C=O) groups excluding carboxylic acids is 3. The van der Waals surface area contributed by atoms with Crippen molar-refractivity contribution in [2.24, 2.45) is 0 Å². The van der Waals surface area contributed by atoms with Crippen LogP contribution in [0.1, 0.15) is 309 Å². The molecule has 0 aromatic heterocycles. The van der Waals surface area contributed by atoms with Crippen LogP contribution < -0.4 is 5.11 Å². The third-order valence-electron chi connectivity index (χ3n) is 15.2. The predicted molar refractivity (Wildman–Crippen MR) is 352 cm³/mol. The van der Waals surface area contributed by atoms with Gasteiger partial charge in [0.05, 0.1) is 40.3 Å². The molecule has 0 radical (unpaired) electrons. The van der Waals surface area contributed by atoms with Crippen molar-refractivity contribution in [1.29, 1.82) is 0 Å². The van der Waals surface area contributed by atoms with Crippen molar-refractivity contribution in [3.8, 4) is 0 Å². The van der Waals surface area contributed by atoms with Crippen LogP contribution in [0.3, 0.4) is 0 Å². The zero-order valence-corrected chi connectivity index (χ0v) is 54.8. The summed E-state index contributed by atoms with van der Waals surface area (Å²) in [4.78, 5) is 37.5. The number of carbonyl (C=O) groups is 3. The number of ether oxygens (including phenoxy) is 4. The SMILES string of the molecule is CC/C=C\C/C=C\C/C=C\C/C=C\C/C=C\C/C=C\C/C=C\CCCCCCCCCCCC(=O)OC(COC(=O)CCCCCCCCCCCCCCCCCCCCCCCCCCCCC)COC(OCC[N+](C)(C)C)C(=O)[O-]. The van der Waals surface area contributed by atoms with Gasteiger partial charge >= 0.3 is 11.9 Å². The topological polar surface area (TPSA) is 111 Å². The number of unbranched alkanes of at least 4 members (excludes halogenated alkanes) is 35. The highest BCUT2D eigenvalue weighted by Crippen LogP contribution is 2.18. The normalized spacial score (nSPS) is 13.2. The molecule has 0 heterocycles. The molecule has 0 aliphatic rings. The molecule has 480 valence electrons. The number of hydrogen-bond acceptors (Lipinski definition) is 8. The van der Waals surface area contributed by atoms with E-state index in [4.69, 9.17) is 18.9 Å². The van der Waals surface area contributed by atoms with Gasteiger partial charge in [-0.3, -0.25) is 9.59 Å². The molecule has 2 atom stereocenters. The van der Waals surface area contributed by atoms with E-state index in [2.05, 4.69) is 98.9 Å². The second-order valence-electron chi connectivity index (χ2n) is 24.4. The number of rotatable bonds is 64.